The SMILES string of the molecule is CC[NH+](CC)CC(=O)Nc1cc(C)nn1-c1ccccc1. The van der Waals surface area contributed by atoms with Crippen molar-refractivity contribution in [2.24, 2.45) is 0 Å². The first-order valence-electron chi connectivity index (χ1n) is 7.39. The summed E-state index contributed by atoms with van der Waals surface area (Å²) in [5.74, 6) is 0.737. The van der Waals surface area contributed by atoms with Crippen molar-refractivity contribution in [2.75, 3.05) is 25.0 Å². The van der Waals surface area contributed by atoms with Gasteiger partial charge in [0.15, 0.2) is 6.54 Å². The Kier molecular flexibility index (Phi) is 5.11. The molecule has 0 aliphatic rings. The third kappa shape index (κ3) is 3.92. The van der Waals surface area contributed by atoms with Gasteiger partial charge >= 0.3 is 0 Å². The van der Waals surface area contributed by atoms with E-state index >= 15 is 0 Å². The van der Waals surface area contributed by atoms with Crippen LogP contribution in [0.4, 0.5) is 5.82 Å². The van der Waals surface area contributed by atoms with Crippen LogP contribution in [0.5, 0.6) is 0 Å². The highest BCUT2D eigenvalue weighted by atomic mass is 16.2. The number of likely N-dealkylation sites (N-methyl/N-ethyl adjacent to an activating group) is 1. The number of quaternary nitrogens is 1. The van der Waals surface area contributed by atoms with Crippen molar-refractivity contribution < 1.29 is 9.69 Å². The number of amides is 1. The molecule has 1 amide bonds. The Morgan fingerprint density at radius 3 is 2.52 bits per heavy atom. The first-order valence-corrected chi connectivity index (χ1v) is 7.39. The van der Waals surface area contributed by atoms with E-state index in [-0.39, 0.29) is 5.91 Å². The molecule has 5 nitrogen and oxygen atoms in total. The summed E-state index contributed by atoms with van der Waals surface area (Å²) in [7, 11) is 0. The maximum Gasteiger partial charge on any atom is 0.280 e. The van der Waals surface area contributed by atoms with Gasteiger partial charge in [-0.15, -0.1) is 0 Å². The fraction of sp³-hybridized carbons (Fsp3) is 0.375. The second-order valence-corrected chi connectivity index (χ2v) is 5.10. The van der Waals surface area contributed by atoms with E-state index in [1.165, 1.54) is 4.90 Å². The van der Waals surface area contributed by atoms with E-state index in [1.807, 2.05) is 43.3 Å². The standard InChI is InChI=1S/C16H22N4O/c1-4-19(5-2)12-16(21)17-15-11-13(3)18-20(15)14-9-7-6-8-10-14/h6-11H,4-5,12H2,1-3H3,(H,17,21)/p+1. The lowest BCUT2D eigenvalue weighted by molar-refractivity contribution is -0.888. The third-order valence-electron chi connectivity index (χ3n) is 3.51. The van der Waals surface area contributed by atoms with Crippen LogP contribution < -0.4 is 10.2 Å². The van der Waals surface area contributed by atoms with E-state index in [0.29, 0.717) is 6.54 Å². The van der Waals surface area contributed by atoms with Crippen molar-refractivity contribution in [3.63, 3.8) is 0 Å². The van der Waals surface area contributed by atoms with Gasteiger partial charge in [0.05, 0.1) is 24.5 Å². The second kappa shape index (κ2) is 7.04. The number of benzene rings is 1. The average molecular weight is 287 g/mol. The summed E-state index contributed by atoms with van der Waals surface area (Å²) in [5, 5.41) is 7.42. The number of nitrogens with one attached hydrogen (secondary N) is 2. The molecule has 0 atom stereocenters. The molecule has 0 bridgehead atoms. The third-order valence-corrected chi connectivity index (χ3v) is 3.51. The highest BCUT2D eigenvalue weighted by Crippen LogP contribution is 2.16. The first kappa shape index (κ1) is 15.3. The number of carbonyl (C=O) groups excluding carboxylic acids is 1. The molecule has 0 radical (unpaired) electrons. The predicted molar refractivity (Wildman–Crippen MR) is 83.8 cm³/mol. The molecule has 0 aliphatic carbocycles. The Bertz CT molecular complexity index is 588. The van der Waals surface area contributed by atoms with Crippen molar-refractivity contribution in [1.82, 2.24) is 9.78 Å². The smallest absolute Gasteiger partial charge is 0.280 e. The topological polar surface area (TPSA) is 51.4 Å². The molecule has 21 heavy (non-hydrogen) atoms. The summed E-state index contributed by atoms with van der Waals surface area (Å²) >= 11 is 0. The van der Waals surface area contributed by atoms with Gasteiger partial charge in [0, 0.05) is 6.07 Å². The van der Waals surface area contributed by atoms with Crippen LogP contribution in [0.15, 0.2) is 36.4 Å². The number of hydrogen-bond donors (Lipinski definition) is 2. The minimum absolute atomic E-state index is 0.0192. The quantitative estimate of drug-likeness (QED) is 0.834. The van der Waals surface area contributed by atoms with Crippen molar-refractivity contribution >= 4 is 11.7 Å². The van der Waals surface area contributed by atoms with Crippen LogP contribution in [0, 0.1) is 6.92 Å². The van der Waals surface area contributed by atoms with Gasteiger partial charge in [-0.1, -0.05) is 18.2 Å². The van der Waals surface area contributed by atoms with Crippen LogP contribution in [0.25, 0.3) is 5.69 Å². The largest absolute Gasteiger partial charge is 0.328 e. The molecular weight excluding hydrogens is 264 g/mol. The van der Waals surface area contributed by atoms with Gasteiger partial charge in [0.25, 0.3) is 5.91 Å². The monoisotopic (exact) mass is 287 g/mol. The molecule has 112 valence electrons. The maximum absolute atomic E-state index is 12.2. The summed E-state index contributed by atoms with van der Waals surface area (Å²) in [6.45, 7) is 8.47. The first-order chi connectivity index (χ1) is 10.1. The molecule has 0 saturated carbocycles. The summed E-state index contributed by atoms with van der Waals surface area (Å²) in [4.78, 5) is 13.4. The van der Waals surface area contributed by atoms with Crippen LogP contribution in [0.2, 0.25) is 0 Å². The molecular formula is C16H23N4O+. The number of rotatable bonds is 6. The lowest BCUT2D eigenvalue weighted by Crippen LogP contribution is -3.12. The molecule has 2 N–H and O–H groups in total. The van der Waals surface area contributed by atoms with Gasteiger partial charge in [0.1, 0.15) is 5.82 Å². The van der Waals surface area contributed by atoms with E-state index in [2.05, 4.69) is 24.3 Å². The van der Waals surface area contributed by atoms with E-state index < -0.39 is 0 Å². The predicted octanol–water partition coefficient (Wildman–Crippen LogP) is 1.04. The number of carbonyl (C=O) groups is 1. The number of aromatic nitrogens is 2. The minimum Gasteiger partial charge on any atom is -0.328 e. The lowest BCUT2D eigenvalue weighted by Gasteiger charge is -2.15. The Morgan fingerprint density at radius 2 is 1.90 bits per heavy atom. The van der Waals surface area contributed by atoms with Gasteiger partial charge in [-0.2, -0.15) is 5.10 Å². The molecule has 0 spiro atoms. The highest BCUT2D eigenvalue weighted by molar-refractivity contribution is 5.91. The minimum atomic E-state index is 0.0192. The molecule has 0 aliphatic heterocycles. The molecule has 1 heterocycles. The molecule has 2 rings (SSSR count). The number of anilines is 1. The highest BCUT2D eigenvalue weighted by Gasteiger charge is 2.14. The summed E-state index contributed by atoms with van der Waals surface area (Å²) in [5.41, 5.74) is 1.82. The fourth-order valence-corrected chi connectivity index (χ4v) is 2.27. The normalized spacial score (nSPS) is 10.9. The van der Waals surface area contributed by atoms with Crippen LogP contribution >= 0.6 is 0 Å². The summed E-state index contributed by atoms with van der Waals surface area (Å²) in [6.07, 6.45) is 0. The molecule has 0 saturated heterocycles. The zero-order valence-corrected chi connectivity index (χ0v) is 12.9. The van der Waals surface area contributed by atoms with Crippen LogP contribution in [-0.4, -0.2) is 35.3 Å². The zero-order valence-electron chi connectivity index (χ0n) is 12.9. The molecule has 0 unspecified atom stereocenters. The van der Waals surface area contributed by atoms with Gasteiger partial charge in [0.2, 0.25) is 0 Å². The van der Waals surface area contributed by atoms with E-state index in [1.54, 1.807) is 4.68 Å². The van der Waals surface area contributed by atoms with Gasteiger partial charge < -0.3 is 10.2 Å². The van der Waals surface area contributed by atoms with Crippen molar-refractivity contribution in [2.45, 2.75) is 20.8 Å². The number of para-hydroxylation sites is 1. The molecule has 1 aromatic carbocycles. The number of aryl methyl sites for hydroxylation is 1. The Hall–Kier alpha value is -2.14. The van der Waals surface area contributed by atoms with Crippen molar-refractivity contribution in [3.8, 4) is 5.69 Å². The van der Waals surface area contributed by atoms with Crippen LogP contribution in [0.3, 0.4) is 0 Å². The van der Waals surface area contributed by atoms with Gasteiger partial charge in [-0.05, 0) is 32.9 Å². The fourth-order valence-electron chi connectivity index (χ4n) is 2.27. The van der Waals surface area contributed by atoms with Crippen molar-refractivity contribution in [3.05, 3.63) is 42.1 Å². The number of hydrogen-bond acceptors (Lipinski definition) is 2. The second-order valence-electron chi connectivity index (χ2n) is 5.10. The summed E-state index contributed by atoms with van der Waals surface area (Å²) in [6, 6.07) is 11.7. The molecule has 5 heteroatoms. The van der Waals surface area contributed by atoms with Crippen LogP contribution in [-0.2, 0) is 4.79 Å². The summed E-state index contributed by atoms with van der Waals surface area (Å²) < 4.78 is 1.77. The number of nitrogens with zero attached hydrogens (tertiary/aromatic N) is 2. The Morgan fingerprint density at radius 1 is 1.24 bits per heavy atom. The Balaban J connectivity index is 2.16. The average Bonchev–Trinajstić information content (AvgIpc) is 2.86. The lowest BCUT2D eigenvalue weighted by atomic mass is 10.3. The molecule has 1 aromatic heterocycles. The maximum atomic E-state index is 12.2. The van der Waals surface area contributed by atoms with E-state index in [9.17, 15) is 4.79 Å². The van der Waals surface area contributed by atoms with Gasteiger partial charge in [-0.25, -0.2) is 4.68 Å². The Labute approximate surface area is 125 Å². The van der Waals surface area contributed by atoms with E-state index in [4.69, 9.17) is 0 Å². The van der Waals surface area contributed by atoms with Crippen LogP contribution in [0.1, 0.15) is 19.5 Å². The van der Waals surface area contributed by atoms with E-state index in [0.717, 1.165) is 30.3 Å². The van der Waals surface area contributed by atoms with Crippen molar-refractivity contribution in [1.29, 1.82) is 0 Å². The zero-order chi connectivity index (χ0) is 15.2. The molecule has 2 aromatic rings. The molecule has 0 fully saturated rings. The van der Waals surface area contributed by atoms with Gasteiger partial charge in [-0.3, -0.25) is 4.79 Å².